The van der Waals surface area contributed by atoms with Crippen LogP contribution in [0.1, 0.15) is 34.1 Å². The fourth-order valence-electron chi connectivity index (χ4n) is 2.46. The zero-order valence-corrected chi connectivity index (χ0v) is 13.8. The van der Waals surface area contributed by atoms with Gasteiger partial charge in [-0.15, -0.1) is 6.58 Å². The first-order valence-corrected chi connectivity index (χ1v) is 8.34. The number of rotatable bonds is 7. The average molecular weight is 298 g/mol. The lowest BCUT2D eigenvalue weighted by Gasteiger charge is -2.45. The van der Waals surface area contributed by atoms with Gasteiger partial charge in [-0.25, -0.2) is 0 Å². The van der Waals surface area contributed by atoms with Gasteiger partial charge >= 0.3 is 0 Å². The van der Waals surface area contributed by atoms with Crippen molar-refractivity contribution in [1.29, 1.82) is 0 Å². The molecule has 0 radical (unpaired) electrons. The van der Waals surface area contributed by atoms with Crippen LogP contribution in [0.3, 0.4) is 0 Å². The number of hydrogen-bond donors (Lipinski definition) is 1. The average Bonchev–Trinajstić information content (AvgIpc) is 2.39. The second-order valence-electron chi connectivity index (χ2n) is 5.73. The monoisotopic (exact) mass is 298 g/mol. The molecule has 0 aromatic rings. The Hall–Kier alpha value is -0.970. The summed E-state index contributed by atoms with van der Waals surface area (Å²) in [5.74, 6) is 1.82. The van der Waals surface area contributed by atoms with Crippen LogP contribution in [0, 0.1) is 5.92 Å². The molecule has 1 saturated heterocycles. The van der Waals surface area contributed by atoms with Crippen molar-refractivity contribution in [3.63, 3.8) is 0 Å². The van der Waals surface area contributed by atoms with E-state index in [0.29, 0.717) is 13.0 Å². The van der Waals surface area contributed by atoms with E-state index in [4.69, 9.17) is 0 Å². The first-order valence-electron chi connectivity index (χ1n) is 7.19. The molecule has 0 bridgehead atoms. The van der Waals surface area contributed by atoms with Gasteiger partial charge in [-0.05, 0) is 19.3 Å². The second kappa shape index (κ2) is 7.16. The van der Waals surface area contributed by atoms with E-state index in [0.717, 1.165) is 11.5 Å². The maximum Gasteiger partial charge on any atom is 0.248 e. The van der Waals surface area contributed by atoms with Crippen LogP contribution < -0.4 is 5.32 Å². The van der Waals surface area contributed by atoms with Gasteiger partial charge in [0.25, 0.3) is 0 Å². The molecule has 114 valence electrons. The van der Waals surface area contributed by atoms with Crippen molar-refractivity contribution in [2.24, 2.45) is 5.92 Å². The fourth-order valence-corrected chi connectivity index (χ4v) is 3.12. The van der Waals surface area contributed by atoms with Gasteiger partial charge in [0.15, 0.2) is 0 Å². The minimum Gasteiger partial charge on any atom is -0.340 e. The molecule has 0 saturated carbocycles. The quantitative estimate of drug-likeness (QED) is 0.578. The Morgan fingerprint density at radius 3 is 2.65 bits per heavy atom. The second-order valence-corrected chi connectivity index (χ2v) is 6.88. The number of carbonyl (C=O) groups excluding carboxylic acids is 2. The third-order valence-corrected chi connectivity index (χ3v) is 4.73. The van der Waals surface area contributed by atoms with Crippen molar-refractivity contribution in [2.75, 3.05) is 18.1 Å². The molecule has 1 fully saturated rings. The van der Waals surface area contributed by atoms with E-state index in [1.54, 1.807) is 16.7 Å². The predicted molar refractivity (Wildman–Crippen MR) is 84.7 cm³/mol. The Labute approximate surface area is 126 Å². The Morgan fingerprint density at radius 2 is 2.15 bits per heavy atom. The molecule has 1 N–H and O–H groups in total. The molecule has 20 heavy (non-hydrogen) atoms. The number of amides is 2. The topological polar surface area (TPSA) is 49.4 Å². The number of thioether (sulfide) groups is 1. The SMILES string of the molecule is C=CCSCCN1C(=O)C(C)(CC)NC(=O)C1C(C)C. The first-order chi connectivity index (χ1) is 9.37. The highest BCUT2D eigenvalue weighted by atomic mass is 32.2. The van der Waals surface area contributed by atoms with Gasteiger partial charge in [0.2, 0.25) is 11.8 Å². The molecule has 2 unspecified atom stereocenters. The molecular formula is C15H26N2O2S. The predicted octanol–water partition coefficient (Wildman–Crippen LogP) is 2.06. The van der Waals surface area contributed by atoms with Gasteiger partial charge in [-0.3, -0.25) is 9.59 Å². The Balaban J connectivity index is 2.87. The molecule has 0 aliphatic carbocycles. The number of piperazine rings is 1. The molecule has 0 aromatic heterocycles. The summed E-state index contributed by atoms with van der Waals surface area (Å²) in [4.78, 5) is 26.8. The maximum atomic E-state index is 12.7. The summed E-state index contributed by atoms with van der Waals surface area (Å²) in [6.07, 6.45) is 2.46. The van der Waals surface area contributed by atoms with E-state index >= 15 is 0 Å². The molecule has 2 atom stereocenters. The van der Waals surface area contributed by atoms with Crippen LogP contribution >= 0.6 is 11.8 Å². The molecular weight excluding hydrogens is 272 g/mol. The standard InChI is InChI=1S/C15H26N2O2S/c1-6-9-20-10-8-17-12(11(3)4)13(18)16-15(5,7-2)14(17)19/h6,11-12H,1,7-10H2,2-5H3,(H,16,18). The smallest absolute Gasteiger partial charge is 0.248 e. The van der Waals surface area contributed by atoms with Crippen LogP contribution in [0.15, 0.2) is 12.7 Å². The summed E-state index contributed by atoms with van der Waals surface area (Å²) in [7, 11) is 0. The summed E-state index contributed by atoms with van der Waals surface area (Å²) < 4.78 is 0. The minimum atomic E-state index is -0.758. The van der Waals surface area contributed by atoms with E-state index in [1.807, 2.05) is 33.8 Å². The Bertz CT molecular complexity index is 384. The minimum absolute atomic E-state index is 0.0299. The van der Waals surface area contributed by atoms with Crippen molar-refractivity contribution < 1.29 is 9.59 Å². The number of nitrogens with one attached hydrogen (secondary N) is 1. The van der Waals surface area contributed by atoms with Crippen molar-refractivity contribution >= 4 is 23.6 Å². The van der Waals surface area contributed by atoms with Gasteiger partial charge in [0.05, 0.1) is 0 Å². The van der Waals surface area contributed by atoms with E-state index in [9.17, 15) is 9.59 Å². The van der Waals surface area contributed by atoms with Crippen molar-refractivity contribution in [3.05, 3.63) is 12.7 Å². The highest BCUT2D eigenvalue weighted by Gasteiger charge is 2.47. The molecule has 1 aliphatic rings. The van der Waals surface area contributed by atoms with Gasteiger partial charge in [0, 0.05) is 18.1 Å². The molecule has 2 amide bonds. The van der Waals surface area contributed by atoms with Gasteiger partial charge in [-0.2, -0.15) is 11.8 Å². The van der Waals surface area contributed by atoms with Gasteiger partial charge < -0.3 is 10.2 Å². The third-order valence-electron chi connectivity index (χ3n) is 3.79. The zero-order chi connectivity index (χ0) is 15.3. The van der Waals surface area contributed by atoms with Crippen LogP contribution in [0.5, 0.6) is 0 Å². The number of nitrogens with zero attached hydrogens (tertiary/aromatic N) is 1. The molecule has 1 rings (SSSR count). The summed E-state index contributed by atoms with van der Waals surface area (Å²) in [5, 5.41) is 2.90. The van der Waals surface area contributed by atoms with Gasteiger partial charge in [0.1, 0.15) is 11.6 Å². The van der Waals surface area contributed by atoms with Crippen molar-refractivity contribution in [2.45, 2.75) is 45.7 Å². The van der Waals surface area contributed by atoms with E-state index < -0.39 is 5.54 Å². The van der Waals surface area contributed by atoms with Crippen LogP contribution in [0.25, 0.3) is 0 Å². The van der Waals surface area contributed by atoms with Crippen molar-refractivity contribution in [1.82, 2.24) is 10.2 Å². The van der Waals surface area contributed by atoms with Crippen LogP contribution in [-0.4, -0.2) is 46.3 Å². The summed E-state index contributed by atoms with van der Waals surface area (Å²) in [6, 6.07) is -0.355. The highest BCUT2D eigenvalue weighted by molar-refractivity contribution is 7.99. The molecule has 0 spiro atoms. The fraction of sp³-hybridized carbons (Fsp3) is 0.733. The lowest BCUT2D eigenvalue weighted by molar-refractivity contribution is -0.155. The molecule has 1 heterocycles. The Morgan fingerprint density at radius 1 is 1.50 bits per heavy atom. The maximum absolute atomic E-state index is 12.7. The molecule has 5 heteroatoms. The molecule has 4 nitrogen and oxygen atoms in total. The first kappa shape index (κ1) is 17.1. The van der Waals surface area contributed by atoms with Crippen LogP contribution in [0.4, 0.5) is 0 Å². The van der Waals surface area contributed by atoms with E-state index in [1.165, 1.54) is 0 Å². The van der Waals surface area contributed by atoms with Crippen LogP contribution in [-0.2, 0) is 9.59 Å². The van der Waals surface area contributed by atoms with Crippen LogP contribution in [0.2, 0.25) is 0 Å². The van der Waals surface area contributed by atoms with Gasteiger partial charge in [-0.1, -0.05) is 26.8 Å². The van der Waals surface area contributed by atoms with E-state index in [2.05, 4.69) is 11.9 Å². The summed E-state index contributed by atoms with van der Waals surface area (Å²) >= 11 is 1.73. The largest absolute Gasteiger partial charge is 0.340 e. The zero-order valence-electron chi connectivity index (χ0n) is 12.9. The van der Waals surface area contributed by atoms with E-state index in [-0.39, 0.29) is 23.8 Å². The lowest BCUT2D eigenvalue weighted by atomic mass is 9.88. The number of carbonyl (C=O) groups is 2. The Kier molecular flexibility index (Phi) is 6.11. The normalized spacial score (nSPS) is 26.9. The lowest BCUT2D eigenvalue weighted by Crippen LogP contribution is -2.70. The van der Waals surface area contributed by atoms with Crippen molar-refractivity contribution in [3.8, 4) is 0 Å². The third kappa shape index (κ3) is 3.57. The number of hydrogen-bond acceptors (Lipinski definition) is 3. The summed E-state index contributed by atoms with van der Waals surface area (Å²) in [6.45, 7) is 12.0. The summed E-state index contributed by atoms with van der Waals surface area (Å²) in [5.41, 5.74) is -0.758. The highest BCUT2D eigenvalue weighted by Crippen LogP contribution is 2.25. The molecule has 1 aliphatic heterocycles. The molecule has 0 aromatic carbocycles.